The van der Waals surface area contributed by atoms with Crippen molar-refractivity contribution in [3.05, 3.63) is 52.6 Å². The van der Waals surface area contributed by atoms with Crippen LogP contribution in [0.3, 0.4) is 0 Å². The van der Waals surface area contributed by atoms with E-state index >= 15 is 0 Å². The van der Waals surface area contributed by atoms with Crippen molar-refractivity contribution in [2.24, 2.45) is 4.99 Å². The summed E-state index contributed by atoms with van der Waals surface area (Å²) in [5, 5.41) is 17.2. The van der Waals surface area contributed by atoms with Crippen LogP contribution in [0, 0.1) is 10.1 Å². The molecule has 1 aromatic rings. The van der Waals surface area contributed by atoms with Crippen LogP contribution in [-0.2, 0) is 6.54 Å². The minimum atomic E-state index is -0.402. The van der Waals surface area contributed by atoms with Crippen LogP contribution in [0.4, 0.5) is 5.69 Å². The van der Waals surface area contributed by atoms with E-state index < -0.39 is 4.92 Å². The molecule has 152 valence electrons. The molecule has 2 N–H and O–H groups in total. The molecule has 1 rings (SSSR count). The van der Waals surface area contributed by atoms with E-state index in [9.17, 15) is 10.1 Å². The van der Waals surface area contributed by atoms with E-state index in [1.807, 2.05) is 0 Å². The highest BCUT2D eigenvalue weighted by Gasteiger charge is 2.12. The molecule has 0 unspecified atom stereocenters. The number of guanidine groups is 1. The minimum Gasteiger partial charge on any atom is -0.355 e. The van der Waals surface area contributed by atoms with Crippen molar-refractivity contribution in [3.63, 3.8) is 0 Å². The summed E-state index contributed by atoms with van der Waals surface area (Å²) < 4.78 is 0. The molecule has 0 bridgehead atoms. The summed E-state index contributed by atoms with van der Waals surface area (Å²) in [6.45, 7) is 15.2. The summed E-state index contributed by atoms with van der Waals surface area (Å²) in [6, 6.07) is 7.42. The van der Waals surface area contributed by atoms with E-state index in [1.54, 1.807) is 18.2 Å². The van der Waals surface area contributed by atoms with Crippen LogP contribution in [0.25, 0.3) is 0 Å². The Morgan fingerprint density at radius 3 is 2.30 bits per heavy atom. The monoisotopic (exact) mass is 489 g/mol. The Balaban J connectivity index is 0.00000676. The first-order chi connectivity index (χ1) is 12.3. The molecule has 7 nitrogen and oxygen atoms in total. The summed E-state index contributed by atoms with van der Waals surface area (Å²) in [7, 11) is 0. The van der Waals surface area contributed by atoms with Gasteiger partial charge in [0, 0.05) is 43.9 Å². The van der Waals surface area contributed by atoms with Crippen molar-refractivity contribution < 1.29 is 4.92 Å². The molecule has 0 aliphatic heterocycles. The first-order valence-corrected chi connectivity index (χ1v) is 8.97. The predicted molar refractivity (Wildman–Crippen MR) is 123 cm³/mol. The maximum Gasteiger partial charge on any atom is 0.269 e. The average Bonchev–Trinajstić information content (AvgIpc) is 2.59. The van der Waals surface area contributed by atoms with Gasteiger partial charge in [0.2, 0.25) is 0 Å². The molecule has 0 spiro atoms. The van der Waals surface area contributed by atoms with Crippen LogP contribution >= 0.6 is 24.0 Å². The van der Waals surface area contributed by atoms with Gasteiger partial charge in [-0.15, -0.1) is 30.6 Å². The molecule has 0 saturated carbocycles. The molecule has 8 heteroatoms. The second kappa shape index (κ2) is 13.5. The van der Waals surface area contributed by atoms with Crippen molar-refractivity contribution in [1.29, 1.82) is 0 Å². The number of halogens is 1. The Morgan fingerprint density at radius 2 is 1.81 bits per heavy atom. The lowest BCUT2D eigenvalue weighted by atomic mass is 10.2. The van der Waals surface area contributed by atoms with E-state index in [0.717, 1.165) is 18.7 Å². The Hall–Kier alpha value is -1.68. The normalized spacial score (nSPS) is 11.4. The number of rotatable bonds is 10. The van der Waals surface area contributed by atoms with Crippen LogP contribution in [0.5, 0.6) is 0 Å². The van der Waals surface area contributed by atoms with Gasteiger partial charge in [0.15, 0.2) is 5.96 Å². The molecule has 0 atom stereocenters. The predicted octanol–water partition coefficient (Wildman–Crippen LogP) is 3.55. The smallest absolute Gasteiger partial charge is 0.269 e. The lowest BCUT2D eigenvalue weighted by Gasteiger charge is -2.30. The summed E-state index contributed by atoms with van der Waals surface area (Å²) >= 11 is 0. The third-order valence-electron chi connectivity index (χ3n) is 3.97. The Bertz CT molecular complexity index is 595. The van der Waals surface area contributed by atoms with Crippen LogP contribution < -0.4 is 10.6 Å². The molecular weight excluding hydrogens is 457 g/mol. The highest BCUT2D eigenvalue weighted by molar-refractivity contribution is 14.0. The maximum absolute atomic E-state index is 10.7. The minimum absolute atomic E-state index is 0. The number of non-ortho nitro benzene ring substituents is 1. The van der Waals surface area contributed by atoms with E-state index in [2.05, 4.69) is 54.8 Å². The number of nitro benzene ring substituents is 1. The number of benzene rings is 1. The standard InChI is InChI=1S/C19H31N5O2.HI/c1-6-11-20-19(21-12-13-23(15(2)3)16(4)5)22-14-17-7-9-18(10-8-17)24(25)26;/h6-10,15-16H,1,11-14H2,2-5H3,(H2,20,21,22);1H. The molecule has 1 aromatic carbocycles. The zero-order valence-corrected chi connectivity index (χ0v) is 19.0. The summed E-state index contributed by atoms with van der Waals surface area (Å²) in [5.74, 6) is 0.704. The van der Waals surface area contributed by atoms with E-state index in [1.165, 1.54) is 12.1 Å². The number of aliphatic imine (C=N–C) groups is 1. The topological polar surface area (TPSA) is 82.8 Å². The van der Waals surface area contributed by atoms with Gasteiger partial charge in [-0.3, -0.25) is 15.0 Å². The molecule has 0 saturated heterocycles. The fourth-order valence-corrected chi connectivity index (χ4v) is 2.65. The largest absolute Gasteiger partial charge is 0.355 e. The van der Waals surface area contributed by atoms with Gasteiger partial charge in [0.1, 0.15) is 0 Å². The van der Waals surface area contributed by atoms with Gasteiger partial charge in [0.05, 0.1) is 11.5 Å². The van der Waals surface area contributed by atoms with Crippen LogP contribution in [-0.4, -0.2) is 47.5 Å². The third kappa shape index (κ3) is 9.71. The lowest BCUT2D eigenvalue weighted by molar-refractivity contribution is -0.384. The third-order valence-corrected chi connectivity index (χ3v) is 3.97. The number of nitro groups is 1. The zero-order valence-electron chi connectivity index (χ0n) is 16.6. The van der Waals surface area contributed by atoms with Gasteiger partial charge in [-0.25, -0.2) is 4.99 Å². The number of hydrogen-bond donors (Lipinski definition) is 2. The molecule has 0 aliphatic carbocycles. The fourth-order valence-electron chi connectivity index (χ4n) is 2.65. The van der Waals surface area contributed by atoms with Crippen molar-refractivity contribution in [1.82, 2.24) is 15.5 Å². The average molecular weight is 489 g/mol. The SMILES string of the molecule is C=CCNC(=NCc1ccc([N+](=O)[O-])cc1)NCCN(C(C)C)C(C)C.I. The second-order valence-electron chi connectivity index (χ2n) is 6.61. The molecule has 0 aromatic heterocycles. The first kappa shape index (κ1) is 25.3. The summed E-state index contributed by atoms with van der Waals surface area (Å²) in [4.78, 5) is 17.3. The zero-order chi connectivity index (χ0) is 19.5. The van der Waals surface area contributed by atoms with Gasteiger partial charge in [-0.2, -0.15) is 0 Å². The van der Waals surface area contributed by atoms with E-state index in [4.69, 9.17) is 0 Å². The van der Waals surface area contributed by atoms with Crippen molar-refractivity contribution in [2.75, 3.05) is 19.6 Å². The van der Waals surface area contributed by atoms with Crippen molar-refractivity contribution >= 4 is 35.6 Å². The highest BCUT2D eigenvalue weighted by atomic mass is 127. The summed E-state index contributed by atoms with van der Waals surface area (Å²) in [6.07, 6.45) is 1.78. The molecule has 0 aliphatic rings. The van der Waals surface area contributed by atoms with Gasteiger partial charge in [-0.05, 0) is 33.3 Å². The molecular formula is C19H32IN5O2. The van der Waals surface area contributed by atoms with Crippen molar-refractivity contribution in [3.8, 4) is 0 Å². The van der Waals surface area contributed by atoms with Gasteiger partial charge >= 0.3 is 0 Å². The fraction of sp³-hybridized carbons (Fsp3) is 0.526. The Morgan fingerprint density at radius 1 is 1.22 bits per heavy atom. The van der Waals surface area contributed by atoms with Gasteiger partial charge in [0.25, 0.3) is 5.69 Å². The number of nitrogens with zero attached hydrogens (tertiary/aromatic N) is 3. The molecule has 27 heavy (non-hydrogen) atoms. The van der Waals surface area contributed by atoms with Gasteiger partial charge in [-0.1, -0.05) is 18.2 Å². The second-order valence-corrected chi connectivity index (χ2v) is 6.61. The van der Waals surface area contributed by atoms with Crippen molar-refractivity contribution in [2.45, 2.75) is 46.3 Å². The van der Waals surface area contributed by atoms with Crippen LogP contribution in [0.1, 0.15) is 33.3 Å². The van der Waals surface area contributed by atoms with Crippen LogP contribution in [0.2, 0.25) is 0 Å². The Kier molecular flexibility index (Phi) is 12.6. The Labute approximate surface area is 179 Å². The molecule has 0 radical (unpaired) electrons. The molecule has 0 amide bonds. The molecule has 0 heterocycles. The summed E-state index contributed by atoms with van der Waals surface area (Å²) in [5.41, 5.74) is 1.00. The molecule has 0 fully saturated rings. The van der Waals surface area contributed by atoms with E-state index in [0.29, 0.717) is 31.1 Å². The number of hydrogen-bond acceptors (Lipinski definition) is 4. The number of nitrogens with one attached hydrogen (secondary N) is 2. The lowest BCUT2D eigenvalue weighted by Crippen LogP contribution is -2.45. The van der Waals surface area contributed by atoms with E-state index in [-0.39, 0.29) is 29.7 Å². The first-order valence-electron chi connectivity index (χ1n) is 8.97. The maximum atomic E-state index is 10.7. The van der Waals surface area contributed by atoms with Gasteiger partial charge < -0.3 is 10.6 Å². The quantitative estimate of drug-likeness (QED) is 0.131. The highest BCUT2D eigenvalue weighted by Crippen LogP contribution is 2.12. The van der Waals surface area contributed by atoms with Crippen LogP contribution in [0.15, 0.2) is 41.9 Å².